The second kappa shape index (κ2) is 21.2. The molecule has 0 aliphatic carbocycles. The molecule has 50 heavy (non-hydrogen) atoms. The molecular formula is C42H50O8. The van der Waals surface area contributed by atoms with Crippen LogP contribution in [0.4, 0.5) is 0 Å². The molecule has 8 heteroatoms. The number of rotatable bonds is 24. The lowest BCUT2D eigenvalue weighted by atomic mass is 9.84. The van der Waals surface area contributed by atoms with E-state index in [2.05, 4.69) is 13.2 Å². The molecule has 0 spiro atoms. The fourth-order valence-corrected chi connectivity index (χ4v) is 5.12. The first-order valence-corrected chi connectivity index (χ1v) is 17.4. The van der Waals surface area contributed by atoms with Crippen LogP contribution >= 0.6 is 0 Å². The van der Waals surface area contributed by atoms with Gasteiger partial charge in [-0.25, -0.2) is 9.59 Å². The van der Waals surface area contributed by atoms with Crippen LogP contribution < -0.4 is 9.47 Å². The third kappa shape index (κ3) is 13.5. The van der Waals surface area contributed by atoms with E-state index in [4.69, 9.17) is 18.9 Å². The number of ketones is 2. The fraction of sp³-hybridized carbons (Fsp3) is 0.381. The summed E-state index contributed by atoms with van der Waals surface area (Å²) in [7, 11) is 0. The van der Waals surface area contributed by atoms with E-state index in [9.17, 15) is 19.2 Å². The number of carbonyl (C=O) groups is 4. The van der Waals surface area contributed by atoms with Crippen LogP contribution in [-0.2, 0) is 24.5 Å². The summed E-state index contributed by atoms with van der Waals surface area (Å²) < 4.78 is 23.4. The third-order valence-electron chi connectivity index (χ3n) is 8.34. The van der Waals surface area contributed by atoms with Crippen LogP contribution in [0.15, 0.2) is 104 Å². The lowest BCUT2D eigenvalue weighted by molar-refractivity contribution is -0.115. The van der Waals surface area contributed by atoms with Gasteiger partial charge in [-0.1, -0.05) is 69.2 Å². The first kappa shape index (κ1) is 39.5. The molecule has 0 saturated carbocycles. The largest absolute Gasteiger partial charge is 0.494 e. The molecule has 3 aromatic rings. The van der Waals surface area contributed by atoms with Gasteiger partial charge >= 0.3 is 11.9 Å². The van der Waals surface area contributed by atoms with Crippen LogP contribution in [0.25, 0.3) is 0 Å². The Morgan fingerprint density at radius 2 is 0.980 bits per heavy atom. The Kier molecular flexibility index (Phi) is 16.7. The van der Waals surface area contributed by atoms with E-state index in [0.717, 1.165) is 56.9 Å². The highest BCUT2D eigenvalue weighted by Crippen LogP contribution is 2.31. The zero-order valence-corrected chi connectivity index (χ0v) is 29.4. The van der Waals surface area contributed by atoms with E-state index >= 15 is 0 Å². The van der Waals surface area contributed by atoms with Crippen molar-refractivity contribution < 1.29 is 38.1 Å². The van der Waals surface area contributed by atoms with Gasteiger partial charge < -0.3 is 18.9 Å². The number of carbonyl (C=O) groups excluding carboxylic acids is 4. The van der Waals surface area contributed by atoms with Gasteiger partial charge in [-0.05, 0) is 106 Å². The number of esters is 2. The minimum Gasteiger partial charge on any atom is -0.494 e. The van der Waals surface area contributed by atoms with Crippen LogP contribution in [0.1, 0.15) is 104 Å². The number of unbranched alkanes of at least 4 members (excludes halogenated alkanes) is 6. The Labute approximate surface area is 296 Å². The maximum atomic E-state index is 13.3. The van der Waals surface area contributed by atoms with Gasteiger partial charge in [0.05, 0.1) is 29.8 Å². The molecule has 0 aliphatic heterocycles. The van der Waals surface area contributed by atoms with Gasteiger partial charge in [0.15, 0.2) is 11.6 Å². The molecule has 266 valence electrons. The summed E-state index contributed by atoms with van der Waals surface area (Å²) in [6.07, 6.45) is 9.71. The predicted molar refractivity (Wildman–Crippen MR) is 195 cm³/mol. The number of hydrogen-bond donors (Lipinski definition) is 0. The average Bonchev–Trinajstić information content (AvgIpc) is 3.14. The SMILES string of the molecule is C=CC(=O)CCCCCCOc1ccc(C(=O)OC(OC(=O)c2ccc(OCCCCCCC(=O)C=C)cc2)C(C)(C)c2ccccc2)cc1. The zero-order valence-electron chi connectivity index (χ0n) is 29.4. The second-order valence-corrected chi connectivity index (χ2v) is 12.6. The topological polar surface area (TPSA) is 105 Å². The molecule has 0 N–H and O–H groups in total. The molecule has 0 fully saturated rings. The highest BCUT2D eigenvalue weighted by Gasteiger charge is 2.38. The van der Waals surface area contributed by atoms with Crippen molar-refractivity contribution in [3.8, 4) is 11.5 Å². The number of hydrogen-bond acceptors (Lipinski definition) is 8. The minimum atomic E-state index is -1.24. The molecule has 0 bridgehead atoms. The van der Waals surface area contributed by atoms with Gasteiger partial charge in [-0.3, -0.25) is 9.59 Å². The first-order chi connectivity index (χ1) is 24.1. The van der Waals surface area contributed by atoms with Gasteiger partial charge in [0.1, 0.15) is 11.5 Å². The molecule has 3 rings (SSSR count). The van der Waals surface area contributed by atoms with Gasteiger partial charge in [0.25, 0.3) is 6.29 Å². The van der Waals surface area contributed by atoms with Crippen LogP contribution in [0, 0.1) is 0 Å². The highest BCUT2D eigenvalue weighted by atomic mass is 16.7. The van der Waals surface area contributed by atoms with Gasteiger partial charge in [0, 0.05) is 12.8 Å². The number of allylic oxidation sites excluding steroid dienone is 2. The number of benzene rings is 3. The van der Waals surface area contributed by atoms with Crippen LogP contribution in [0.2, 0.25) is 0 Å². The summed E-state index contributed by atoms with van der Waals surface area (Å²) in [5, 5.41) is 0. The smallest absolute Gasteiger partial charge is 0.341 e. The van der Waals surface area contributed by atoms with Crippen molar-refractivity contribution in [1.29, 1.82) is 0 Å². The van der Waals surface area contributed by atoms with Crippen LogP contribution in [-0.4, -0.2) is 43.0 Å². The van der Waals surface area contributed by atoms with Crippen molar-refractivity contribution in [3.05, 3.63) is 121 Å². The zero-order chi connectivity index (χ0) is 36.2. The summed E-state index contributed by atoms with van der Waals surface area (Å²) in [4.78, 5) is 49.3. The normalized spacial score (nSPS) is 11.0. The predicted octanol–water partition coefficient (Wildman–Crippen LogP) is 9.17. The van der Waals surface area contributed by atoms with Crippen LogP contribution in [0.5, 0.6) is 11.5 Å². The summed E-state index contributed by atoms with van der Waals surface area (Å²) >= 11 is 0. The van der Waals surface area contributed by atoms with E-state index in [0.29, 0.717) is 48.7 Å². The Morgan fingerprint density at radius 1 is 0.580 bits per heavy atom. The van der Waals surface area contributed by atoms with Crippen molar-refractivity contribution in [1.82, 2.24) is 0 Å². The van der Waals surface area contributed by atoms with Crippen molar-refractivity contribution in [2.75, 3.05) is 13.2 Å². The summed E-state index contributed by atoms with van der Waals surface area (Å²) in [5.41, 5.74) is 0.538. The van der Waals surface area contributed by atoms with E-state index in [1.165, 1.54) is 12.2 Å². The van der Waals surface area contributed by atoms with E-state index in [-0.39, 0.29) is 11.6 Å². The average molecular weight is 683 g/mol. The molecule has 0 aliphatic rings. The molecule has 0 radical (unpaired) electrons. The number of ether oxygens (including phenoxy) is 4. The lowest BCUT2D eigenvalue weighted by Crippen LogP contribution is -2.41. The van der Waals surface area contributed by atoms with Crippen LogP contribution in [0.3, 0.4) is 0 Å². The van der Waals surface area contributed by atoms with Crippen molar-refractivity contribution in [2.24, 2.45) is 0 Å². The molecule has 0 atom stereocenters. The van der Waals surface area contributed by atoms with E-state index in [1.54, 1.807) is 48.5 Å². The molecule has 0 unspecified atom stereocenters. The minimum absolute atomic E-state index is 0.0688. The third-order valence-corrected chi connectivity index (χ3v) is 8.34. The summed E-state index contributed by atoms with van der Waals surface area (Å²) in [6.45, 7) is 11.7. The van der Waals surface area contributed by atoms with Gasteiger partial charge in [-0.15, -0.1) is 0 Å². The van der Waals surface area contributed by atoms with Crippen molar-refractivity contribution in [3.63, 3.8) is 0 Å². The standard InChI is InChI=1S/C42H50O8/c1-5-35(43)20-14-7-9-16-30-47-37-26-22-32(23-27-37)39(45)49-41(42(3,4)34-18-12-11-13-19-34)50-40(46)33-24-28-38(29-25-33)48-31-17-10-8-15-21-36(44)6-2/h5-6,11-13,18-19,22-29,41H,1-2,7-10,14-17,20-21,30-31H2,3-4H3. The fourth-order valence-electron chi connectivity index (χ4n) is 5.12. The highest BCUT2D eigenvalue weighted by molar-refractivity contribution is 5.91. The van der Waals surface area contributed by atoms with E-state index < -0.39 is 23.6 Å². The monoisotopic (exact) mass is 682 g/mol. The van der Waals surface area contributed by atoms with Gasteiger partial charge in [0.2, 0.25) is 0 Å². The summed E-state index contributed by atoms with van der Waals surface area (Å²) in [6, 6.07) is 22.7. The molecule has 3 aromatic carbocycles. The Bertz CT molecular complexity index is 1430. The summed E-state index contributed by atoms with van der Waals surface area (Å²) in [5.74, 6) is 0.117. The lowest BCUT2D eigenvalue weighted by Gasteiger charge is -2.33. The molecule has 0 saturated heterocycles. The van der Waals surface area contributed by atoms with Crippen molar-refractivity contribution in [2.45, 2.75) is 89.8 Å². The first-order valence-electron chi connectivity index (χ1n) is 17.4. The second-order valence-electron chi connectivity index (χ2n) is 12.6. The maximum absolute atomic E-state index is 13.3. The van der Waals surface area contributed by atoms with Crippen molar-refractivity contribution >= 4 is 23.5 Å². The molecule has 8 nitrogen and oxygen atoms in total. The Hall–Kier alpha value is -4.98. The Balaban J connectivity index is 1.56. The molecular weight excluding hydrogens is 632 g/mol. The quantitative estimate of drug-likeness (QED) is 0.0399. The van der Waals surface area contributed by atoms with E-state index in [1.807, 2.05) is 44.2 Å². The molecule has 0 aromatic heterocycles. The van der Waals surface area contributed by atoms with Gasteiger partial charge in [-0.2, -0.15) is 0 Å². The Morgan fingerprint density at radius 3 is 1.38 bits per heavy atom. The maximum Gasteiger partial charge on any atom is 0.341 e. The molecule has 0 heterocycles. The molecule has 0 amide bonds.